The summed E-state index contributed by atoms with van der Waals surface area (Å²) in [6, 6.07) is 13.8. The van der Waals surface area contributed by atoms with E-state index in [-0.39, 0.29) is 5.69 Å². The maximum atomic E-state index is 10.8. The molecule has 0 aliphatic heterocycles. The smallest absolute Gasteiger partial charge is 0.271 e. The molecule has 1 heterocycles. The van der Waals surface area contributed by atoms with Gasteiger partial charge in [0.05, 0.1) is 10.6 Å². The molecule has 0 fully saturated rings. The second-order valence-corrected chi connectivity index (χ2v) is 5.45. The van der Waals surface area contributed by atoms with Crippen molar-refractivity contribution in [2.75, 3.05) is 11.1 Å². The summed E-state index contributed by atoms with van der Waals surface area (Å²) in [6.45, 7) is 0. The van der Waals surface area contributed by atoms with Crippen molar-refractivity contribution in [2.24, 2.45) is 0 Å². The summed E-state index contributed by atoms with van der Waals surface area (Å²) in [5.41, 5.74) is 8.86. The van der Waals surface area contributed by atoms with Crippen molar-refractivity contribution in [3.05, 3.63) is 64.0 Å². The van der Waals surface area contributed by atoms with E-state index in [0.29, 0.717) is 16.5 Å². The molecule has 0 spiro atoms. The molecule has 0 aliphatic carbocycles. The molecule has 3 aromatic rings. The van der Waals surface area contributed by atoms with Crippen molar-refractivity contribution in [1.29, 1.82) is 0 Å². The second kappa shape index (κ2) is 5.82. The van der Waals surface area contributed by atoms with Crippen LogP contribution >= 0.6 is 11.3 Å². The van der Waals surface area contributed by atoms with Gasteiger partial charge in [0.15, 0.2) is 5.13 Å². The number of nitrogens with zero attached hydrogens (tertiary/aromatic N) is 2. The fourth-order valence-corrected chi connectivity index (χ4v) is 2.72. The number of anilines is 3. The lowest BCUT2D eigenvalue weighted by Crippen LogP contribution is -1.92. The van der Waals surface area contributed by atoms with Gasteiger partial charge in [-0.1, -0.05) is 18.2 Å². The van der Waals surface area contributed by atoms with E-state index >= 15 is 0 Å². The van der Waals surface area contributed by atoms with Crippen LogP contribution in [0.4, 0.5) is 22.2 Å². The third kappa shape index (κ3) is 3.04. The lowest BCUT2D eigenvalue weighted by Gasteiger charge is -2.02. The zero-order valence-corrected chi connectivity index (χ0v) is 12.2. The quantitative estimate of drug-likeness (QED) is 0.430. The van der Waals surface area contributed by atoms with Crippen LogP contribution in [0.1, 0.15) is 0 Å². The summed E-state index contributed by atoms with van der Waals surface area (Å²) in [4.78, 5) is 14.8. The number of nitrogen functional groups attached to an aromatic ring is 1. The minimum Gasteiger partial charge on any atom is -0.399 e. The molecular formula is C15H12N4O2S. The molecule has 0 saturated heterocycles. The fraction of sp³-hybridized carbons (Fsp3) is 0. The van der Waals surface area contributed by atoms with Crippen LogP contribution in [0.15, 0.2) is 53.9 Å². The lowest BCUT2D eigenvalue weighted by molar-refractivity contribution is -0.384. The predicted octanol–water partition coefficient (Wildman–Crippen LogP) is 4.04. The third-order valence-corrected chi connectivity index (χ3v) is 3.75. The van der Waals surface area contributed by atoms with Crippen molar-refractivity contribution >= 4 is 33.5 Å². The van der Waals surface area contributed by atoms with Gasteiger partial charge in [-0.15, -0.1) is 11.3 Å². The number of benzene rings is 2. The van der Waals surface area contributed by atoms with Crippen LogP contribution in [0, 0.1) is 10.1 Å². The molecule has 0 aliphatic rings. The molecule has 3 N–H and O–H groups in total. The van der Waals surface area contributed by atoms with E-state index < -0.39 is 4.92 Å². The molecular weight excluding hydrogens is 300 g/mol. The molecule has 110 valence electrons. The number of nitrogens with one attached hydrogen (secondary N) is 1. The van der Waals surface area contributed by atoms with Gasteiger partial charge in [-0.2, -0.15) is 0 Å². The third-order valence-electron chi connectivity index (χ3n) is 2.99. The fourth-order valence-electron chi connectivity index (χ4n) is 1.98. The van der Waals surface area contributed by atoms with Crippen LogP contribution in [0.2, 0.25) is 0 Å². The Labute approximate surface area is 130 Å². The van der Waals surface area contributed by atoms with Crippen LogP contribution in [0.3, 0.4) is 0 Å². The topological polar surface area (TPSA) is 94.1 Å². The van der Waals surface area contributed by atoms with E-state index in [4.69, 9.17) is 5.73 Å². The highest BCUT2D eigenvalue weighted by atomic mass is 32.1. The molecule has 6 nitrogen and oxygen atoms in total. The van der Waals surface area contributed by atoms with Crippen LogP contribution in [-0.4, -0.2) is 9.91 Å². The summed E-state index contributed by atoms with van der Waals surface area (Å²) < 4.78 is 0. The monoisotopic (exact) mass is 312 g/mol. The molecule has 22 heavy (non-hydrogen) atoms. The van der Waals surface area contributed by atoms with Gasteiger partial charge in [0, 0.05) is 34.5 Å². The van der Waals surface area contributed by atoms with E-state index in [0.717, 1.165) is 11.3 Å². The Balaban J connectivity index is 1.83. The Morgan fingerprint density at radius 1 is 1.18 bits per heavy atom. The van der Waals surface area contributed by atoms with E-state index in [9.17, 15) is 10.1 Å². The largest absolute Gasteiger partial charge is 0.399 e. The van der Waals surface area contributed by atoms with E-state index in [1.54, 1.807) is 12.1 Å². The molecule has 0 bridgehead atoms. The zero-order valence-electron chi connectivity index (χ0n) is 11.4. The summed E-state index contributed by atoms with van der Waals surface area (Å²) in [6.07, 6.45) is 0. The average Bonchev–Trinajstić information content (AvgIpc) is 2.96. The van der Waals surface area contributed by atoms with Gasteiger partial charge in [-0.3, -0.25) is 10.1 Å². The summed E-state index contributed by atoms with van der Waals surface area (Å²) in [5.74, 6) is 0. The Morgan fingerprint density at radius 3 is 2.77 bits per heavy atom. The molecule has 7 heteroatoms. The van der Waals surface area contributed by atoms with Gasteiger partial charge in [-0.25, -0.2) is 4.98 Å². The van der Waals surface area contributed by atoms with Gasteiger partial charge in [-0.05, 0) is 18.2 Å². The zero-order chi connectivity index (χ0) is 15.5. The molecule has 3 rings (SSSR count). The van der Waals surface area contributed by atoms with E-state index in [2.05, 4.69) is 10.3 Å². The first kappa shape index (κ1) is 14.0. The van der Waals surface area contributed by atoms with Crippen molar-refractivity contribution < 1.29 is 4.92 Å². The number of aromatic nitrogens is 1. The number of nitro benzene ring substituents is 1. The van der Waals surface area contributed by atoms with Crippen molar-refractivity contribution in [3.63, 3.8) is 0 Å². The number of nitro groups is 1. The van der Waals surface area contributed by atoms with Gasteiger partial charge in [0.2, 0.25) is 0 Å². The van der Waals surface area contributed by atoms with Crippen molar-refractivity contribution in [2.45, 2.75) is 0 Å². The predicted molar refractivity (Wildman–Crippen MR) is 88.3 cm³/mol. The summed E-state index contributed by atoms with van der Waals surface area (Å²) >= 11 is 1.43. The Morgan fingerprint density at radius 2 is 2.00 bits per heavy atom. The summed E-state index contributed by atoms with van der Waals surface area (Å²) in [7, 11) is 0. The van der Waals surface area contributed by atoms with Crippen LogP contribution < -0.4 is 11.1 Å². The van der Waals surface area contributed by atoms with Gasteiger partial charge in [0.1, 0.15) is 0 Å². The van der Waals surface area contributed by atoms with Gasteiger partial charge >= 0.3 is 0 Å². The molecule has 0 unspecified atom stereocenters. The molecule has 0 amide bonds. The van der Waals surface area contributed by atoms with Gasteiger partial charge in [0.25, 0.3) is 5.69 Å². The first-order chi connectivity index (χ1) is 10.6. The Kier molecular flexibility index (Phi) is 3.71. The van der Waals surface area contributed by atoms with Crippen LogP contribution in [0.25, 0.3) is 11.3 Å². The van der Waals surface area contributed by atoms with Crippen LogP contribution in [-0.2, 0) is 0 Å². The number of thiazole rings is 1. The van der Waals surface area contributed by atoms with Crippen molar-refractivity contribution in [1.82, 2.24) is 4.98 Å². The number of hydrogen-bond acceptors (Lipinski definition) is 6. The standard InChI is InChI=1S/C15H12N4O2S/c16-11-4-1-3-10(7-11)14-9-22-15(18-14)17-12-5-2-6-13(8-12)19(20)21/h1-9H,16H2,(H,17,18). The lowest BCUT2D eigenvalue weighted by atomic mass is 10.1. The molecule has 0 saturated carbocycles. The Bertz CT molecular complexity index is 832. The molecule has 0 radical (unpaired) electrons. The maximum absolute atomic E-state index is 10.8. The first-order valence-corrected chi connectivity index (χ1v) is 7.33. The van der Waals surface area contributed by atoms with Gasteiger partial charge < -0.3 is 11.1 Å². The number of non-ortho nitro benzene ring substituents is 1. The van der Waals surface area contributed by atoms with E-state index in [1.165, 1.54) is 23.5 Å². The van der Waals surface area contributed by atoms with Crippen molar-refractivity contribution in [3.8, 4) is 11.3 Å². The second-order valence-electron chi connectivity index (χ2n) is 4.60. The average molecular weight is 312 g/mol. The molecule has 2 aromatic carbocycles. The first-order valence-electron chi connectivity index (χ1n) is 6.45. The minimum absolute atomic E-state index is 0.0395. The summed E-state index contributed by atoms with van der Waals surface area (Å²) in [5, 5.41) is 16.4. The number of nitrogens with two attached hydrogens (primary N) is 1. The number of rotatable bonds is 4. The maximum Gasteiger partial charge on any atom is 0.271 e. The highest BCUT2D eigenvalue weighted by Crippen LogP contribution is 2.28. The normalized spacial score (nSPS) is 10.4. The minimum atomic E-state index is -0.425. The Hall–Kier alpha value is -2.93. The van der Waals surface area contributed by atoms with Crippen LogP contribution in [0.5, 0.6) is 0 Å². The number of hydrogen-bond donors (Lipinski definition) is 2. The molecule has 1 aromatic heterocycles. The highest BCUT2D eigenvalue weighted by molar-refractivity contribution is 7.14. The molecule has 0 atom stereocenters. The SMILES string of the molecule is Nc1cccc(-c2csc(Nc3cccc([N+](=O)[O-])c3)n2)c1. The highest BCUT2D eigenvalue weighted by Gasteiger charge is 2.08. The van der Waals surface area contributed by atoms with E-state index in [1.807, 2.05) is 29.6 Å².